The summed E-state index contributed by atoms with van der Waals surface area (Å²) in [4.78, 5) is 3.10. The highest BCUT2D eigenvalue weighted by atomic mass is 19.1. The van der Waals surface area contributed by atoms with E-state index in [2.05, 4.69) is 22.4 Å². The van der Waals surface area contributed by atoms with Crippen LogP contribution in [0.2, 0.25) is 0 Å². The number of rotatable bonds is 8. The Kier molecular flexibility index (Phi) is 6.65. The molecular weight excluding hydrogens is 335 g/mol. The summed E-state index contributed by atoms with van der Waals surface area (Å²) in [5.74, 6) is 0.598. The van der Waals surface area contributed by atoms with E-state index in [9.17, 15) is 4.39 Å². The maximum Gasteiger partial charge on any atom is 0.214 e. The van der Waals surface area contributed by atoms with Crippen LogP contribution in [0.4, 0.5) is 4.39 Å². The topological polar surface area (TPSA) is 61.7 Å². The fraction of sp³-hybridized carbons (Fsp3) is 0.611. The van der Waals surface area contributed by atoms with Crippen molar-refractivity contribution in [2.45, 2.75) is 25.9 Å². The number of tetrazole rings is 1. The minimum Gasteiger partial charge on any atom is -0.383 e. The van der Waals surface area contributed by atoms with E-state index < -0.39 is 0 Å². The summed E-state index contributed by atoms with van der Waals surface area (Å²) in [6, 6.07) is 6.75. The molecule has 2 aromatic rings. The number of piperazine rings is 1. The van der Waals surface area contributed by atoms with Gasteiger partial charge in [-0.25, -0.2) is 9.07 Å². The van der Waals surface area contributed by atoms with Crippen LogP contribution < -0.4 is 9.80 Å². The summed E-state index contributed by atoms with van der Waals surface area (Å²) in [5, 5.41) is 12.4. The van der Waals surface area contributed by atoms with Gasteiger partial charge in [-0.15, -0.1) is 5.10 Å². The second-order valence-electron chi connectivity index (χ2n) is 6.90. The standard InChI is InChI=1S/C18H27FN6O/c1-3-8-23-9-11-24(12-10-23)17(15-4-6-16(19)7-5-15)18-20-21-22-25(18)13-14-26-2/h4-7,17H,3,8-14H2,1-2H3/p+2/t17-/m1/s1. The van der Waals surface area contributed by atoms with Crippen LogP contribution in [0.5, 0.6) is 0 Å². The van der Waals surface area contributed by atoms with E-state index in [1.165, 1.54) is 30.0 Å². The summed E-state index contributed by atoms with van der Waals surface area (Å²) in [6.45, 7) is 9.00. The zero-order chi connectivity index (χ0) is 18.4. The van der Waals surface area contributed by atoms with Gasteiger partial charge in [-0.3, -0.25) is 0 Å². The van der Waals surface area contributed by atoms with Gasteiger partial charge in [-0.1, -0.05) is 6.92 Å². The first-order valence-corrected chi connectivity index (χ1v) is 9.41. The molecule has 1 saturated heterocycles. The molecule has 0 bridgehead atoms. The van der Waals surface area contributed by atoms with Gasteiger partial charge in [0.1, 0.15) is 32.0 Å². The van der Waals surface area contributed by atoms with Crippen molar-refractivity contribution in [1.82, 2.24) is 20.2 Å². The third-order valence-electron chi connectivity index (χ3n) is 5.14. The van der Waals surface area contributed by atoms with Crippen LogP contribution in [0.3, 0.4) is 0 Å². The lowest BCUT2D eigenvalue weighted by Crippen LogP contribution is -3.28. The lowest BCUT2D eigenvalue weighted by molar-refractivity contribution is -1.02. The first kappa shape index (κ1) is 18.9. The van der Waals surface area contributed by atoms with Crippen LogP contribution in [-0.4, -0.2) is 66.6 Å². The minimum atomic E-state index is -0.223. The molecule has 8 heteroatoms. The second-order valence-corrected chi connectivity index (χ2v) is 6.90. The first-order chi connectivity index (χ1) is 12.7. The van der Waals surface area contributed by atoms with Crippen LogP contribution in [0.25, 0.3) is 0 Å². The quantitative estimate of drug-likeness (QED) is 0.614. The van der Waals surface area contributed by atoms with Gasteiger partial charge in [0.25, 0.3) is 0 Å². The predicted octanol–water partition coefficient (Wildman–Crippen LogP) is -1.26. The third kappa shape index (κ3) is 4.44. The van der Waals surface area contributed by atoms with Crippen molar-refractivity contribution in [3.8, 4) is 0 Å². The summed E-state index contributed by atoms with van der Waals surface area (Å²) in [5.41, 5.74) is 1.05. The van der Waals surface area contributed by atoms with Gasteiger partial charge in [0.2, 0.25) is 5.82 Å². The van der Waals surface area contributed by atoms with Crippen molar-refractivity contribution < 1.29 is 18.9 Å². The lowest BCUT2D eigenvalue weighted by atomic mass is 10.0. The first-order valence-electron chi connectivity index (χ1n) is 9.41. The molecule has 1 aliphatic heterocycles. The highest BCUT2D eigenvalue weighted by Crippen LogP contribution is 2.17. The monoisotopic (exact) mass is 364 g/mol. The van der Waals surface area contributed by atoms with E-state index in [0.717, 1.165) is 37.6 Å². The number of quaternary nitrogens is 2. The van der Waals surface area contributed by atoms with Crippen molar-refractivity contribution in [3.05, 3.63) is 41.5 Å². The van der Waals surface area contributed by atoms with Crippen molar-refractivity contribution in [1.29, 1.82) is 0 Å². The number of nitrogens with one attached hydrogen (secondary N) is 2. The SMILES string of the molecule is CCC[NH+]1CC[NH+]([C@H](c2ccc(F)cc2)c2nnnn2CCOC)CC1. The fourth-order valence-electron chi connectivity index (χ4n) is 3.79. The predicted molar refractivity (Wildman–Crippen MR) is 94.5 cm³/mol. The summed E-state index contributed by atoms with van der Waals surface area (Å²) < 4.78 is 20.4. The molecule has 1 aromatic heterocycles. The molecule has 7 nitrogen and oxygen atoms in total. The molecule has 1 aliphatic rings. The number of methoxy groups -OCH3 is 1. The molecule has 3 rings (SSSR count). The molecular formula is C18H29FN6O+2. The van der Waals surface area contributed by atoms with Crippen molar-refractivity contribution >= 4 is 0 Å². The Morgan fingerprint density at radius 2 is 1.92 bits per heavy atom. The Hall–Kier alpha value is -1.90. The van der Waals surface area contributed by atoms with E-state index in [0.29, 0.717) is 13.2 Å². The van der Waals surface area contributed by atoms with E-state index in [1.807, 2.05) is 16.8 Å². The maximum atomic E-state index is 13.4. The molecule has 0 unspecified atom stereocenters. The molecule has 0 saturated carbocycles. The number of halogens is 1. The molecule has 26 heavy (non-hydrogen) atoms. The average Bonchev–Trinajstić information content (AvgIpc) is 3.11. The van der Waals surface area contributed by atoms with Gasteiger partial charge < -0.3 is 14.5 Å². The highest BCUT2D eigenvalue weighted by Gasteiger charge is 2.35. The van der Waals surface area contributed by atoms with Crippen LogP contribution in [0.1, 0.15) is 30.8 Å². The van der Waals surface area contributed by atoms with Gasteiger partial charge >= 0.3 is 0 Å². The van der Waals surface area contributed by atoms with Gasteiger partial charge in [0.15, 0.2) is 6.04 Å². The molecule has 1 aromatic carbocycles. The number of hydrogen-bond donors (Lipinski definition) is 2. The Morgan fingerprint density at radius 3 is 2.58 bits per heavy atom. The van der Waals surface area contributed by atoms with Crippen LogP contribution in [-0.2, 0) is 11.3 Å². The Balaban J connectivity index is 1.86. The highest BCUT2D eigenvalue weighted by molar-refractivity contribution is 5.23. The van der Waals surface area contributed by atoms with Crippen molar-refractivity contribution in [2.75, 3.05) is 46.4 Å². The fourth-order valence-corrected chi connectivity index (χ4v) is 3.79. The average molecular weight is 364 g/mol. The van der Waals surface area contributed by atoms with Gasteiger partial charge in [0, 0.05) is 12.7 Å². The van der Waals surface area contributed by atoms with Crippen molar-refractivity contribution in [2.24, 2.45) is 0 Å². The molecule has 2 heterocycles. The van der Waals surface area contributed by atoms with Gasteiger partial charge in [-0.05, 0) is 41.1 Å². The number of ether oxygens (including phenoxy) is 1. The molecule has 0 amide bonds. The van der Waals surface area contributed by atoms with Crippen molar-refractivity contribution in [3.63, 3.8) is 0 Å². The third-order valence-corrected chi connectivity index (χ3v) is 5.14. The zero-order valence-corrected chi connectivity index (χ0v) is 15.6. The Bertz CT molecular complexity index is 669. The molecule has 2 N–H and O–H groups in total. The molecule has 142 valence electrons. The second kappa shape index (κ2) is 9.16. The summed E-state index contributed by atoms with van der Waals surface area (Å²) in [6.07, 6.45) is 1.21. The van der Waals surface area contributed by atoms with Gasteiger partial charge in [0.05, 0.1) is 19.7 Å². The number of hydrogen-bond acceptors (Lipinski definition) is 4. The number of benzene rings is 1. The molecule has 0 aliphatic carbocycles. The molecule has 0 spiro atoms. The Morgan fingerprint density at radius 1 is 1.19 bits per heavy atom. The van der Waals surface area contributed by atoms with E-state index in [1.54, 1.807) is 12.0 Å². The minimum absolute atomic E-state index is 0.00522. The smallest absolute Gasteiger partial charge is 0.214 e. The zero-order valence-electron chi connectivity index (χ0n) is 15.6. The maximum absolute atomic E-state index is 13.4. The number of aromatic nitrogens is 4. The van der Waals surface area contributed by atoms with E-state index in [4.69, 9.17) is 4.74 Å². The van der Waals surface area contributed by atoms with Gasteiger partial charge in [-0.2, -0.15) is 0 Å². The summed E-state index contributed by atoms with van der Waals surface area (Å²) >= 11 is 0. The largest absolute Gasteiger partial charge is 0.383 e. The molecule has 0 radical (unpaired) electrons. The normalized spacial score (nSPS) is 21.7. The Labute approximate surface area is 153 Å². The van der Waals surface area contributed by atoms with E-state index in [-0.39, 0.29) is 11.9 Å². The number of nitrogens with zero attached hydrogens (tertiary/aromatic N) is 4. The summed E-state index contributed by atoms with van der Waals surface area (Å²) in [7, 11) is 1.67. The van der Waals surface area contributed by atoms with Crippen LogP contribution in [0, 0.1) is 5.82 Å². The van der Waals surface area contributed by atoms with E-state index >= 15 is 0 Å². The van der Waals surface area contributed by atoms with Crippen LogP contribution >= 0.6 is 0 Å². The van der Waals surface area contributed by atoms with Crippen LogP contribution in [0.15, 0.2) is 24.3 Å². The molecule has 1 fully saturated rings. The molecule has 1 atom stereocenters. The lowest BCUT2D eigenvalue weighted by Gasteiger charge is -2.34.